The number of hydrogen-bond acceptors (Lipinski definition) is 5. The number of fused-ring (bicyclic) bond motifs is 2. The molecule has 4 heterocycles. The number of nitrogens with zero attached hydrogens (tertiary/aromatic N) is 2. The number of rotatable bonds is 3. The number of aromatic hydroxyl groups is 1. The van der Waals surface area contributed by atoms with Crippen LogP contribution in [0.1, 0.15) is 51.8 Å². The highest BCUT2D eigenvalue weighted by Gasteiger charge is 2.49. The van der Waals surface area contributed by atoms with Crippen molar-refractivity contribution < 1.29 is 23.8 Å². The lowest BCUT2D eigenvalue weighted by atomic mass is 10.0. The van der Waals surface area contributed by atoms with Crippen LogP contribution in [0.2, 0.25) is 0 Å². The maximum atomic E-state index is 13.9. The van der Waals surface area contributed by atoms with Crippen LogP contribution >= 0.6 is 0 Å². The molecule has 3 aliphatic heterocycles. The molecular formula is C20H20FN3O5. The number of ether oxygens (including phenoxy) is 1. The summed E-state index contributed by atoms with van der Waals surface area (Å²) < 4.78 is 21.2. The number of carbonyl (C=O) groups is 2. The Bertz CT molecular complexity index is 1060. The molecule has 1 aliphatic carbocycles. The molecule has 4 aliphatic rings. The van der Waals surface area contributed by atoms with Gasteiger partial charge in [0.05, 0.1) is 12.6 Å². The molecule has 2 N–H and O–H groups in total. The Balaban J connectivity index is 1.53. The van der Waals surface area contributed by atoms with Gasteiger partial charge in [-0.25, -0.2) is 4.39 Å². The molecule has 9 heteroatoms. The van der Waals surface area contributed by atoms with Gasteiger partial charge in [-0.3, -0.25) is 14.4 Å². The van der Waals surface area contributed by atoms with Gasteiger partial charge in [0.15, 0.2) is 17.7 Å². The third kappa shape index (κ3) is 2.57. The first kappa shape index (κ1) is 18.1. The van der Waals surface area contributed by atoms with Crippen molar-refractivity contribution in [3.63, 3.8) is 0 Å². The standard InChI is InChI=1S/C20H20FN3O5/c21-11-4-2-1-3-10(11)9-22-18(27)14-12-5-6-13-20-23(7-8-29-20)19(28)15(24(12)13)17(26)16(14)25/h3-4,13,20,26H,1-2,5-9H2,(H,22,27). The minimum absolute atomic E-state index is 0.0512. The molecule has 0 aromatic carbocycles. The second-order valence-electron chi connectivity index (χ2n) is 7.63. The lowest BCUT2D eigenvalue weighted by Crippen LogP contribution is -2.48. The van der Waals surface area contributed by atoms with E-state index in [1.807, 2.05) is 0 Å². The van der Waals surface area contributed by atoms with Crippen molar-refractivity contribution in [2.75, 3.05) is 19.7 Å². The number of aromatic nitrogens is 1. The molecule has 8 nitrogen and oxygen atoms in total. The van der Waals surface area contributed by atoms with Gasteiger partial charge in [-0.15, -0.1) is 0 Å². The Morgan fingerprint density at radius 2 is 2.10 bits per heavy atom. The van der Waals surface area contributed by atoms with E-state index in [1.54, 1.807) is 10.6 Å². The SMILES string of the molecule is O=C(NCC1=CCCC=C1F)c1c2n3c(c(O)c1=O)C(=O)N1CCOC1C3CC2. The summed E-state index contributed by atoms with van der Waals surface area (Å²) >= 11 is 0. The van der Waals surface area contributed by atoms with Crippen molar-refractivity contribution in [1.82, 2.24) is 14.8 Å². The highest BCUT2D eigenvalue weighted by atomic mass is 19.1. The topological polar surface area (TPSA) is 101 Å². The van der Waals surface area contributed by atoms with Crippen molar-refractivity contribution in [1.29, 1.82) is 0 Å². The van der Waals surface area contributed by atoms with Gasteiger partial charge in [0.2, 0.25) is 5.43 Å². The molecule has 1 fully saturated rings. The van der Waals surface area contributed by atoms with E-state index in [-0.39, 0.29) is 29.7 Å². The van der Waals surface area contributed by atoms with Gasteiger partial charge in [0.1, 0.15) is 11.4 Å². The van der Waals surface area contributed by atoms with Gasteiger partial charge >= 0.3 is 0 Å². The van der Waals surface area contributed by atoms with E-state index >= 15 is 0 Å². The first-order valence-electron chi connectivity index (χ1n) is 9.75. The van der Waals surface area contributed by atoms with Gasteiger partial charge in [-0.05, 0) is 31.8 Å². The molecule has 0 radical (unpaired) electrons. The number of pyridine rings is 1. The van der Waals surface area contributed by atoms with Gasteiger partial charge in [-0.2, -0.15) is 0 Å². The molecule has 1 aromatic heterocycles. The fraction of sp³-hybridized carbons (Fsp3) is 0.450. The maximum Gasteiger partial charge on any atom is 0.276 e. The van der Waals surface area contributed by atoms with Gasteiger partial charge in [-0.1, -0.05) is 6.08 Å². The lowest BCUT2D eigenvalue weighted by molar-refractivity contribution is -0.0124. The summed E-state index contributed by atoms with van der Waals surface area (Å²) in [4.78, 5) is 40.0. The summed E-state index contributed by atoms with van der Waals surface area (Å²) in [5.41, 5.74) is -0.345. The highest BCUT2D eigenvalue weighted by molar-refractivity contribution is 6.00. The van der Waals surface area contributed by atoms with Crippen molar-refractivity contribution in [3.8, 4) is 5.75 Å². The molecule has 2 amide bonds. The third-order valence-corrected chi connectivity index (χ3v) is 6.07. The number of amides is 2. The molecule has 152 valence electrons. The molecule has 0 saturated carbocycles. The molecule has 1 saturated heterocycles. The van der Waals surface area contributed by atoms with Crippen LogP contribution in [0.25, 0.3) is 0 Å². The molecule has 0 spiro atoms. The van der Waals surface area contributed by atoms with Crippen LogP contribution in [0.3, 0.4) is 0 Å². The lowest BCUT2D eigenvalue weighted by Gasteiger charge is -2.36. The van der Waals surface area contributed by atoms with Crippen molar-refractivity contribution in [2.24, 2.45) is 0 Å². The first-order valence-corrected chi connectivity index (χ1v) is 9.75. The van der Waals surface area contributed by atoms with Crippen LogP contribution < -0.4 is 10.7 Å². The largest absolute Gasteiger partial charge is 0.503 e. The van der Waals surface area contributed by atoms with Gasteiger partial charge in [0.25, 0.3) is 11.8 Å². The van der Waals surface area contributed by atoms with E-state index in [1.165, 1.54) is 11.0 Å². The van der Waals surface area contributed by atoms with E-state index in [4.69, 9.17) is 4.74 Å². The Morgan fingerprint density at radius 1 is 1.31 bits per heavy atom. The predicted octanol–water partition coefficient (Wildman–Crippen LogP) is 1.16. The van der Waals surface area contributed by atoms with Crippen LogP contribution in [0.15, 0.2) is 28.3 Å². The number of hydrogen-bond donors (Lipinski definition) is 2. The quantitative estimate of drug-likeness (QED) is 0.792. The number of halogens is 1. The molecule has 2 unspecified atom stereocenters. The zero-order valence-corrected chi connectivity index (χ0v) is 15.6. The molecule has 5 rings (SSSR count). The normalized spacial score (nSPS) is 24.7. The maximum absolute atomic E-state index is 13.9. The van der Waals surface area contributed by atoms with Crippen LogP contribution in [0.4, 0.5) is 4.39 Å². The van der Waals surface area contributed by atoms with E-state index < -0.39 is 29.2 Å². The summed E-state index contributed by atoms with van der Waals surface area (Å²) in [6, 6.07) is -0.250. The molecule has 1 aromatic rings. The Labute approximate surface area is 165 Å². The Hall–Kier alpha value is -2.94. The molecular weight excluding hydrogens is 381 g/mol. The zero-order valence-electron chi connectivity index (χ0n) is 15.6. The summed E-state index contributed by atoms with van der Waals surface area (Å²) in [6.07, 6.45) is 5.02. The average molecular weight is 401 g/mol. The average Bonchev–Trinajstić information content (AvgIpc) is 3.35. The smallest absolute Gasteiger partial charge is 0.276 e. The second kappa shape index (κ2) is 6.55. The first-order chi connectivity index (χ1) is 14.0. The monoisotopic (exact) mass is 401 g/mol. The highest BCUT2D eigenvalue weighted by Crippen LogP contribution is 2.41. The van der Waals surface area contributed by atoms with Crippen molar-refractivity contribution in [3.05, 3.63) is 50.7 Å². The van der Waals surface area contributed by atoms with Crippen LogP contribution in [-0.2, 0) is 11.2 Å². The summed E-state index contributed by atoms with van der Waals surface area (Å²) in [5.74, 6) is -2.25. The Kier molecular flexibility index (Phi) is 4.09. The van der Waals surface area contributed by atoms with Crippen LogP contribution in [0, 0.1) is 0 Å². The van der Waals surface area contributed by atoms with Crippen molar-refractivity contribution >= 4 is 11.8 Å². The zero-order chi connectivity index (χ0) is 20.3. The predicted molar refractivity (Wildman–Crippen MR) is 99.3 cm³/mol. The van der Waals surface area contributed by atoms with Gasteiger partial charge in [0, 0.05) is 24.4 Å². The van der Waals surface area contributed by atoms with Crippen LogP contribution in [-0.4, -0.2) is 52.3 Å². The molecule has 0 bridgehead atoms. The fourth-order valence-electron chi connectivity index (χ4n) is 4.74. The van der Waals surface area contributed by atoms with Gasteiger partial charge < -0.3 is 24.6 Å². The summed E-state index contributed by atoms with van der Waals surface area (Å²) in [6.45, 7) is 0.743. The number of carbonyl (C=O) groups excluding carboxylic acids is 2. The van der Waals surface area contributed by atoms with E-state index in [0.717, 1.165) is 0 Å². The van der Waals surface area contributed by atoms with E-state index in [2.05, 4.69) is 5.32 Å². The minimum Gasteiger partial charge on any atom is -0.503 e. The van der Waals surface area contributed by atoms with E-state index in [0.29, 0.717) is 50.1 Å². The molecule has 2 atom stereocenters. The number of nitrogens with one attached hydrogen (secondary N) is 1. The molecule has 29 heavy (non-hydrogen) atoms. The Morgan fingerprint density at radius 3 is 2.90 bits per heavy atom. The van der Waals surface area contributed by atoms with Crippen molar-refractivity contribution in [2.45, 2.75) is 38.0 Å². The summed E-state index contributed by atoms with van der Waals surface area (Å²) in [7, 11) is 0. The summed E-state index contributed by atoms with van der Waals surface area (Å²) in [5, 5.41) is 13.1. The third-order valence-electron chi connectivity index (χ3n) is 6.07. The number of allylic oxidation sites excluding steroid dienone is 2. The van der Waals surface area contributed by atoms with E-state index in [9.17, 15) is 23.9 Å². The fourth-order valence-corrected chi connectivity index (χ4v) is 4.74. The minimum atomic E-state index is -0.870. The second-order valence-corrected chi connectivity index (χ2v) is 7.63. The van der Waals surface area contributed by atoms with Crippen LogP contribution in [0.5, 0.6) is 5.75 Å².